The molecule has 0 aliphatic heterocycles. The number of aromatic nitrogens is 2. The Morgan fingerprint density at radius 1 is 1.45 bits per heavy atom. The number of ether oxygens (including phenoxy) is 1. The first kappa shape index (κ1) is 8.27. The van der Waals surface area contributed by atoms with Crippen LogP contribution in [-0.4, -0.2) is 23.5 Å². The van der Waals surface area contributed by atoms with Crippen molar-refractivity contribution in [1.82, 2.24) is 9.78 Å². The molecule has 1 aromatic rings. The standard InChI is InChI=1S/C8H14N2O/c1-11-8-3-2-6-10-7-4-5-9-10/h4-5,7H,2-3,6,8H2,1H3. The molecule has 0 N–H and O–H groups in total. The molecule has 0 fully saturated rings. The van der Waals surface area contributed by atoms with Crippen LogP contribution < -0.4 is 0 Å². The van der Waals surface area contributed by atoms with Crippen molar-refractivity contribution in [2.75, 3.05) is 13.7 Å². The average Bonchev–Trinajstić information content (AvgIpc) is 2.50. The summed E-state index contributed by atoms with van der Waals surface area (Å²) in [6.07, 6.45) is 6.02. The fourth-order valence-corrected chi connectivity index (χ4v) is 0.953. The average molecular weight is 154 g/mol. The molecule has 0 atom stereocenters. The summed E-state index contributed by atoms with van der Waals surface area (Å²) in [5, 5.41) is 4.09. The summed E-state index contributed by atoms with van der Waals surface area (Å²) < 4.78 is 6.87. The van der Waals surface area contributed by atoms with Gasteiger partial charge in [0.2, 0.25) is 0 Å². The molecule has 1 aromatic heterocycles. The fourth-order valence-electron chi connectivity index (χ4n) is 0.953. The molecule has 0 saturated carbocycles. The summed E-state index contributed by atoms with van der Waals surface area (Å²) in [7, 11) is 1.73. The second-order valence-electron chi connectivity index (χ2n) is 2.47. The Morgan fingerprint density at radius 3 is 3.00 bits per heavy atom. The highest BCUT2D eigenvalue weighted by molar-refractivity contribution is 4.77. The molecule has 0 saturated heterocycles. The van der Waals surface area contributed by atoms with E-state index in [1.807, 2.05) is 16.9 Å². The molecule has 1 heterocycles. The molecule has 0 aromatic carbocycles. The van der Waals surface area contributed by atoms with Crippen LogP contribution >= 0.6 is 0 Å². The summed E-state index contributed by atoms with van der Waals surface area (Å²) in [5.74, 6) is 0. The SMILES string of the molecule is COCCCCn1cccn1. The number of hydrogen-bond acceptors (Lipinski definition) is 2. The van der Waals surface area contributed by atoms with Gasteiger partial charge in [0.05, 0.1) is 0 Å². The lowest BCUT2D eigenvalue weighted by molar-refractivity contribution is 0.191. The zero-order valence-corrected chi connectivity index (χ0v) is 6.86. The fraction of sp³-hybridized carbons (Fsp3) is 0.625. The maximum atomic E-state index is 4.93. The molecule has 3 heteroatoms. The molecule has 11 heavy (non-hydrogen) atoms. The van der Waals surface area contributed by atoms with Crippen LogP contribution in [0.15, 0.2) is 18.5 Å². The Hall–Kier alpha value is -0.830. The summed E-state index contributed by atoms with van der Waals surface area (Å²) in [6.45, 7) is 1.84. The molecule has 0 bridgehead atoms. The minimum atomic E-state index is 0.848. The summed E-state index contributed by atoms with van der Waals surface area (Å²) in [4.78, 5) is 0. The van der Waals surface area contributed by atoms with Crippen LogP contribution in [0, 0.1) is 0 Å². The lowest BCUT2D eigenvalue weighted by atomic mass is 10.3. The predicted molar refractivity (Wildman–Crippen MR) is 43.3 cm³/mol. The molecule has 0 aliphatic rings. The molecule has 62 valence electrons. The minimum absolute atomic E-state index is 0.848. The van der Waals surface area contributed by atoms with Crippen LogP contribution in [0.1, 0.15) is 12.8 Å². The summed E-state index contributed by atoms with van der Waals surface area (Å²) in [5.41, 5.74) is 0. The topological polar surface area (TPSA) is 27.1 Å². The van der Waals surface area contributed by atoms with Crippen molar-refractivity contribution in [1.29, 1.82) is 0 Å². The zero-order chi connectivity index (χ0) is 7.94. The van der Waals surface area contributed by atoms with Crippen molar-refractivity contribution >= 4 is 0 Å². The zero-order valence-electron chi connectivity index (χ0n) is 6.86. The Bertz CT molecular complexity index is 172. The molecule has 3 nitrogen and oxygen atoms in total. The Morgan fingerprint density at radius 2 is 2.36 bits per heavy atom. The summed E-state index contributed by atoms with van der Waals surface area (Å²) in [6, 6.07) is 1.94. The van der Waals surface area contributed by atoms with Gasteiger partial charge in [-0.25, -0.2) is 0 Å². The third kappa shape index (κ3) is 3.18. The number of methoxy groups -OCH3 is 1. The maximum Gasteiger partial charge on any atom is 0.0489 e. The van der Waals surface area contributed by atoms with Crippen LogP contribution in [-0.2, 0) is 11.3 Å². The highest BCUT2D eigenvalue weighted by Gasteiger charge is 1.89. The molecule has 1 rings (SSSR count). The highest BCUT2D eigenvalue weighted by atomic mass is 16.5. The second-order valence-corrected chi connectivity index (χ2v) is 2.47. The minimum Gasteiger partial charge on any atom is -0.385 e. The third-order valence-corrected chi connectivity index (χ3v) is 1.54. The van der Waals surface area contributed by atoms with E-state index >= 15 is 0 Å². The van der Waals surface area contributed by atoms with Gasteiger partial charge in [0.15, 0.2) is 0 Å². The predicted octanol–water partition coefficient (Wildman–Crippen LogP) is 1.31. The van der Waals surface area contributed by atoms with Gasteiger partial charge in [0.1, 0.15) is 0 Å². The van der Waals surface area contributed by atoms with E-state index in [9.17, 15) is 0 Å². The number of rotatable bonds is 5. The van der Waals surface area contributed by atoms with E-state index in [2.05, 4.69) is 5.10 Å². The van der Waals surface area contributed by atoms with Crippen LogP contribution in [0.25, 0.3) is 0 Å². The second kappa shape index (κ2) is 4.91. The van der Waals surface area contributed by atoms with Gasteiger partial charge in [-0.2, -0.15) is 5.10 Å². The van der Waals surface area contributed by atoms with Gasteiger partial charge < -0.3 is 4.74 Å². The molecule has 0 aliphatic carbocycles. The van der Waals surface area contributed by atoms with E-state index in [1.54, 1.807) is 13.3 Å². The third-order valence-electron chi connectivity index (χ3n) is 1.54. The quantitative estimate of drug-likeness (QED) is 0.598. The summed E-state index contributed by atoms with van der Waals surface area (Å²) >= 11 is 0. The monoisotopic (exact) mass is 154 g/mol. The van der Waals surface area contributed by atoms with Gasteiger partial charge in [0, 0.05) is 32.7 Å². The van der Waals surface area contributed by atoms with E-state index < -0.39 is 0 Å². The molecular formula is C8H14N2O. The lowest BCUT2D eigenvalue weighted by Crippen LogP contribution is -1.99. The molecule has 0 unspecified atom stereocenters. The van der Waals surface area contributed by atoms with E-state index in [4.69, 9.17) is 4.74 Å². The number of nitrogens with zero attached hydrogens (tertiary/aromatic N) is 2. The normalized spacial score (nSPS) is 10.3. The van der Waals surface area contributed by atoms with Gasteiger partial charge in [-0.05, 0) is 18.9 Å². The van der Waals surface area contributed by atoms with E-state index in [1.165, 1.54) is 0 Å². The molecule has 0 radical (unpaired) electrons. The number of aryl methyl sites for hydroxylation is 1. The number of unbranched alkanes of at least 4 members (excludes halogenated alkanes) is 1. The lowest BCUT2D eigenvalue weighted by Gasteiger charge is -1.99. The van der Waals surface area contributed by atoms with Crippen LogP contribution in [0.2, 0.25) is 0 Å². The first-order chi connectivity index (χ1) is 5.43. The Balaban J connectivity index is 2.04. The van der Waals surface area contributed by atoms with Crippen molar-refractivity contribution < 1.29 is 4.74 Å². The molecular weight excluding hydrogens is 140 g/mol. The van der Waals surface area contributed by atoms with Crippen molar-refractivity contribution in [2.45, 2.75) is 19.4 Å². The number of hydrogen-bond donors (Lipinski definition) is 0. The van der Waals surface area contributed by atoms with Gasteiger partial charge in [0.25, 0.3) is 0 Å². The smallest absolute Gasteiger partial charge is 0.0489 e. The Labute approximate surface area is 67.0 Å². The van der Waals surface area contributed by atoms with Crippen molar-refractivity contribution in [2.24, 2.45) is 0 Å². The first-order valence-corrected chi connectivity index (χ1v) is 3.90. The highest BCUT2D eigenvalue weighted by Crippen LogP contribution is 1.93. The van der Waals surface area contributed by atoms with Crippen LogP contribution in [0.5, 0.6) is 0 Å². The van der Waals surface area contributed by atoms with E-state index in [0.717, 1.165) is 26.0 Å². The van der Waals surface area contributed by atoms with Gasteiger partial charge >= 0.3 is 0 Å². The maximum absolute atomic E-state index is 4.93. The van der Waals surface area contributed by atoms with Gasteiger partial charge in [-0.1, -0.05) is 0 Å². The van der Waals surface area contributed by atoms with Crippen molar-refractivity contribution in [3.63, 3.8) is 0 Å². The Kier molecular flexibility index (Phi) is 3.69. The molecule has 0 spiro atoms. The van der Waals surface area contributed by atoms with E-state index in [0.29, 0.717) is 0 Å². The van der Waals surface area contributed by atoms with Crippen LogP contribution in [0.4, 0.5) is 0 Å². The van der Waals surface area contributed by atoms with Gasteiger partial charge in [-0.15, -0.1) is 0 Å². The van der Waals surface area contributed by atoms with Crippen molar-refractivity contribution in [3.05, 3.63) is 18.5 Å². The van der Waals surface area contributed by atoms with Crippen LogP contribution in [0.3, 0.4) is 0 Å². The largest absolute Gasteiger partial charge is 0.385 e. The molecule has 0 amide bonds. The van der Waals surface area contributed by atoms with Gasteiger partial charge in [-0.3, -0.25) is 4.68 Å². The van der Waals surface area contributed by atoms with Crippen molar-refractivity contribution in [3.8, 4) is 0 Å². The van der Waals surface area contributed by atoms with E-state index in [-0.39, 0.29) is 0 Å². The first-order valence-electron chi connectivity index (χ1n) is 3.90.